The van der Waals surface area contributed by atoms with Crippen LogP contribution in [-0.2, 0) is 9.59 Å². The van der Waals surface area contributed by atoms with Crippen LogP contribution in [0.2, 0.25) is 0 Å². The van der Waals surface area contributed by atoms with Crippen molar-refractivity contribution in [2.24, 2.45) is 5.73 Å². The molecule has 4 N–H and O–H groups in total. The van der Waals surface area contributed by atoms with Gasteiger partial charge in [-0.15, -0.1) is 0 Å². The van der Waals surface area contributed by atoms with Gasteiger partial charge in [0.15, 0.2) is 0 Å². The van der Waals surface area contributed by atoms with Gasteiger partial charge in [-0.3, -0.25) is 14.4 Å². The van der Waals surface area contributed by atoms with Crippen LogP contribution in [0.5, 0.6) is 5.75 Å². The molecule has 0 saturated carbocycles. The Morgan fingerprint density at radius 2 is 2.19 bits per heavy atom. The molecule has 2 heterocycles. The molecule has 8 heteroatoms. The summed E-state index contributed by atoms with van der Waals surface area (Å²) in [6.45, 7) is 0.916. The van der Waals surface area contributed by atoms with Crippen LogP contribution in [0.15, 0.2) is 24.3 Å². The van der Waals surface area contributed by atoms with Crippen LogP contribution in [-0.4, -0.2) is 60.9 Å². The van der Waals surface area contributed by atoms with Crippen molar-refractivity contribution in [2.45, 2.75) is 43.8 Å². The standard InChI is InChI=1S/C19H26N4O4/c1-27-14-6-4-5-12(9-14)17(24)21-13-10-16-18(25)22-15(7-2-3-8-20)19(26)23(16)11-13/h4-6,9,13,15-16H,2-3,7-8,10-11,20H2,1H3,(H,21,24)(H,22,25)/t13-,15-,16-/m0/s1. The summed E-state index contributed by atoms with van der Waals surface area (Å²) in [7, 11) is 1.54. The van der Waals surface area contributed by atoms with Gasteiger partial charge in [0.1, 0.15) is 17.8 Å². The molecular formula is C19H26N4O4. The molecule has 146 valence electrons. The van der Waals surface area contributed by atoms with Gasteiger partial charge in [0.2, 0.25) is 11.8 Å². The highest BCUT2D eigenvalue weighted by atomic mass is 16.5. The van der Waals surface area contributed by atoms with Crippen molar-refractivity contribution in [2.75, 3.05) is 20.2 Å². The summed E-state index contributed by atoms with van der Waals surface area (Å²) in [5, 5.41) is 5.74. The largest absolute Gasteiger partial charge is 0.497 e. The number of ether oxygens (including phenoxy) is 1. The summed E-state index contributed by atoms with van der Waals surface area (Å²) in [5.74, 6) is 0.132. The lowest BCUT2D eigenvalue weighted by Crippen LogP contribution is -2.61. The molecule has 0 bridgehead atoms. The third-order valence-electron chi connectivity index (χ3n) is 5.12. The Morgan fingerprint density at radius 3 is 2.93 bits per heavy atom. The molecule has 2 fully saturated rings. The van der Waals surface area contributed by atoms with Crippen LogP contribution < -0.4 is 21.1 Å². The number of fused-ring (bicyclic) bond motifs is 1. The molecular weight excluding hydrogens is 348 g/mol. The first kappa shape index (κ1) is 19.2. The summed E-state index contributed by atoms with van der Waals surface area (Å²) in [5.41, 5.74) is 5.97. The fourth-order valence-corrected chi connectivity index (χ4v) is 3.68. The van der Waals surface area contributed by atoms with Crippen molar-refractivity contribution in [1.82, 2.24) is 15.5 Å². The number of carbonyl (C=O) groups is 3. The van der Waals surface area contributed by atoms with E-state index in [0.717, 1.165) is 12.8 Å². The summed E-state index contributed by atoms with van der Waals surface area (Å²) in [6.07, 6.45) is 2.62. The number of piperazine rings is 1. The predicted octanol–water partition coefficient (Wildman–Crippen LogP) is 0.0219. The van der Waals surface area contributed by atoms with Gasteiger partial charge < -0.3 is 26.0 Å². The van der Waals surface area contributed by atoms with Crippen molar-refractivity contribution in [3.8, 4) is 5.75 Å². The van der Waals surface area contributed by atoms with E-state index >= 15 is 0 Å². The molecule has 27 heavy (non-hydrogen) atoms. The second kappa shape index (κ2) is 8.39. The quantitative estimate of drug-likeness (QED) is 0.583. The summed E-state index contributed by atoms with van der Waals surface area (Å²) >= 11 is 0. The molecule has 0 aliphatic carbocycles. The molecule has 2 aliphatic rings. The van der Waals surface area contributed by atoms with Gasteiger partial charge in [0, 0.05) is 18.2 Å². The minimum absolute atomic E-state index is 0.0743. The van der Waals surface area contributed by atoms with Gasteiger partial charge in [-0.1, -0.05) is 6.07 Å². The monoisotopic (exact) mass is 374 g/mol. The topological polar surface area (TPSA) is 114 Å². The van der Waals surface area contributed by atoms with E-state index < -0.39 is 12.1 Å². The van der Waals surface area contributed by atoms with Gasteiger partial charge in [-0.2, -0.15) is 0 Å². The van der Waals surface area contributed by atoms with E-state index in [2.05, 4.69) is 10.6 Å². The molecule has 3 atom stereocenters. The smallest absolute Gasteiger partial charge is 0.251 e. The van der Waals surface area contributed by atoms with Crippen molar-refractivity contribution < 1.29 is 19.1 Å². The maximum Gasteiger partial charge on any atom is 0.251 e. The van der Waals surface area contributed by atoms with Gasteiger partial charge >= 0.3 is 0 Å². The van der Waals surface area contributed by atoms with E-state index in [1.165, 1.54) is 0 Å². The molecule has 2 saturated heterocycles. The Kier molecular flexibility index (Phi) is 5.95. The van der Waals surface area contributed by atoms with Crippen molar-refractivity contribution in [1.29, 1.82) is 0 Å². The number of amides is 3. The van der Waals surface area contributed by atoms with Crippen LogP contribution in [0.3, 0.4) is 0 Å². The van der Waals surface area contributed by atoms with Crippen molar-refractivity contribution in [3.05, 3.63) is 29.8 Å². The van der Waals surface area contributed by atoms with Gasteiger partial charge in [-0.25, -0.2) is 0 Å². The first-order valence-electron chi connectivity index (χ1n) is 9.29. The van der Waals surface area contributed by atoms with E-state index in [4.69, 9.17) is 10.5 Å². The SMILES string of the molecule is COc1cccc(C(=O)N[C@H]2C[C@H]3C(=O)N[C@@H](CCCCN)C(=O)N3C2)c1. The molecule has 0 radical (unpaired) electrons. The van der Waals surface area contributed by atoms with Crippen LogP contribution in [0.25, 0.3) is 0 Å². The maximum atomic E-state index is 12.7. The zero-order valence-electron chi connectivity index (χ0n) is 15.4. The summed E-state index contributed by atoms with van der Waals surface area (Å²) in [4.78, 5) is 39.2. The molecule has 1 aromatic rings. The Hall–Kier alpha value is -2.61. The number of methoxy groups -OCH3 is 1. The second-order valence-electron chi connectivity index (χ2n) is 6.99. The number of unbranched alkanes of at least 4 members (excludes halogenated alkanes) is 1. The van der Waals surface area contributed by atoms with Crippen LogP contribution in [0, 0.1) is 0 Å². The number of nitrogens with two attached hydrogens (primary N) is 1. The highest BCUT2D eigenvalue weighted by Gasteiger charge is 2.46. The molecule has 2 aliphatic heterocycles. The number of benzene rings is 1. The highest BCUT2D eigenvalue weighted by molar-refractivity contribution is 5.98. The van der Waals surface area contributed by atoms with Crippen LogP contribution in [0.1, 0.15) is 36.0 Å². The van der Waals surface area contributed by atoms with E-state index in [1.807, 2.05) is 0 Å². The van der Waals surface area contributed by atoms with E-state index in [-0.39, 0.29) is 23.8 Å². The average molecular weight is 374 g/mol. The van der Waals surface area contributed by atoms with Gasteiger partial charge in [-0.05, 0) is 50.4 Å². The lowest BCUT2D eigenvalue weighted by atomic mass is 10.0. The zero-order valence-corrected chi connectivity index (χ0v) is 15.4. The Balaban J connectivity index is 1.62. The number of rotatable bonds is 7. The minimum atomic E-state index is -0.515. The highest BCUT2D eigenvalue weighted by Crippen LogP contribution is 2.24. The molecule has 0 spiro atoms. The van der Waals surface area contributed by atoms with E-state index in [9.17, 15) is 14.4 Å². The number of hydrogen-bond acceptors (Lipinski definition) is 5. The molecule has 0 unspecified atom stereocenters. The third-order valence-corrected chi connectivity index (χ3v) is 5.12. The Labute approximate surface area is 158 Å². The number of nitrogens with zero attached hydrogens (tertiary/aromatic N) is 1. The van der Waals surface area contributed by atoms with Crippen molar-refractivity contribution in [3.63, 3.8) is 0 Å². The normalized spacial score (nSPS) is 24.4. The zero-order chi connectivity index (χ0) is 19.4. The second-order valence-corrected chi connectivity index (χ2v) is 6.99. The molecule has 3 amide bonds. The van der Waals surface area contributed by atoms with Gasteiger partial charge in [0.05, 0.1) is 7.11 Å². The number of hydrogen-bond donors (Lipinski definition) is 3. The molecule has 0 aromatic heterocycles. The number of carbonyl (C=O) groups excluding carboxylic acids is 3. The fraction of sp³-hybridized carbons (Fsp3) is 0.526. The maximum absolute atomic E-state index is 12.7. The molecule has 1 aromatic carbocycles. The predicted molar refractivity (Wildman–Crippen MR) is 99.2 cm³/mol. The molecule has 3 rings (SSSR count). The molecule has 8 nitrogen and oxygen atoms in total. The van der Waals surface area contributed by atoms with Crippen LogP contribution >= 0.6 is 0 Å². The minimum Gasteiger partial charge on any atom is -0.497 e. The van der Waals surface area contributed by atoms with Crippen molar-refractivity contribution >= 4 is 17.7 Å². The summed E-state index contributed by atoms with van der Waals surface area (Å²) < 4.78 is 5.14. The summed E-state index contributed by atoms with van der Waals surface area (Å²) in [6, 6.07) is 5.60. The van der Waals surface area contributed by atoms with Crippen LogP contribution in [0.4, 0.5) is 0 Å². The Morgan fingerprint density at radius 1 is 1.37 bits per heavy atom. The average Bonchev–Trinajstić information content (AvgIpc) is 3.10. The number of nitrogens with one attached hydrogen (secondary N) is 2. The third kappa shape index (κ3) is 4.21. The first-order chi connectivity index (χ1) is 13.0. The lowest BCUT2D eigenvalue weighted by Gasteiger charge is -2.34. The lowest BCUT2D eigenvalue weighted by molar-refractivity contribution is -0.147. The first-order valence-corrected chi connectivity index (χ1v) is 9.29. The van der Waals surface area contributed by atoms with E-state index in [1.54, 1.807) is 36.3 Å². The fourth-order valence-electron chi connectivity index (χ4n) is 3.68. The Bertz CT molecular complexity index is 723. The van der Waals surface area contributed by atoms with Gasteiger partial charge in [0.25, 0.3) is 5.91 Å². The van der Waals surface area contributed by atoms with E-state index in [0.29, 0.717) is 37.2 Å².